The zero-order chi connectivity index (χ0) is 28.3. The van der Waals surface area contributed by atoms with Crippen molar-refractivity contribution in [2.75, 3.05) is 12.4 Å². The average Bonchev–Trinajstić information content (AvgIpc) is 2.87. The molecule has 0 unspecified atom stereocenters. The molecular formula is C29H28ClFN2O6. The van der Waals surface area contributed by atoms with E-state index in [9.17, 15) is 19.2 Å². The van der Waals surface area contributed by atoms with Crippen LogP contribution in [0.3, 0.4) is 0 Å². The third kappa shape index (κ3) is 6.04. The van der Waals surface area contributed by atoms with Gasteiger partial charge in [-0.3, -0.25) is 19.0 Å². The highest BCUT2D eigenvalue weighted by Gasteiger charge is 2.28. The van der Waals surface area contributed by atoms with Gasteiger partial charge in [0.05, 0.1) is 23.9 Å². The van der Waals surface area contributed by atoms with Crippen molar-refractivity contribution in [3.05, 3.63) is 81.0 Å². The van der Waals surface area contributed by atoms with Crippen molar-refractivity contribution in [3.63, 3.8) is 0 Å². The normalized spacial score (nSPS) is 13.8. The van der Waals surface area contributed by atoms with E-state index in [1.807, 2.05) is 0 Å². The molecule has 1 aromatic heterocycles. The Morgan fingerprint density at radius 2 is 1.87 bits per heavy atom. The second-order valence-electron chi connectivity index (χ2n) is 9.60. The van der Waals surface area contributed by atoms with E-state index >= 15 is 4.39 Å². The fraction of sp³-hybridized carbons (Fsp3) is 0.310. The Labute approximate surface area is 229 Å². The van der Waals surface area contributed by atoms with Crippen LogP contribution in [0, 0.1) is 11.7 Å². The first kappa shape index (κ1) is 28.0. The highest BCUT2D eigenvalue weighted by atomic mass is 35.5. The van der Waals surface area contributed by atoms with E-state index < -0.39 is 35.1 Å². The van der Waals surface area contributed by atoms with Crippen molar-refractivity contribution in [1.29, 1.82) is 0 Å². The second-order valence-corrected chi connectivity index (χ2v) is 10.0. The van der Waals surface area contributed by atoms with Crippen molar-refractivity contribution in [3.8, 4) is 16.9 Å². The number of anilines is 1. The summed E-state index contributed by atoms with van der Waals surface area (Å²) in [5.41, 5.74) is -0.200. The fourth-order valence-electron chi connectivity index (χ4n) is 4.73. The predicted molar refractivity (Wildman–Crippen MR) is 145 cm³/mol. The molecule has 1 aliphatic rings. The number of carbonyl (C=O) groups excluding carboxylic acids is 2. The van der Waals surface area contributed by atoms with Crippen molar-refractivity contribution in [2.24, 2.45) is 5.92 Å². The zero-order valence-corrected chi connectivity index (χ0v) is 22.3. The minimum atomic E-state index is -1.09. The Kier molecular flexibility index (Phi) is 8.50. The van der Waals surface area contributed by atoms with E-state index in [-0.39, 0.29) is 33.0 Å². The molecule has 0 bridgehead atoms. The Hall–Kier alpha value is -3.98. The summed E-state index contributed by atoms with van der Waals surface area (Å²) in [6.45, 7) is 1.28. The van der Waals surface area contributed by atoms with E-state index in [1.54, 1.807) is 0 Å². The lowest BCUT2D eigenvalue weighted by Gasteiger charge is -2.28. The molecule has 1 heterocycles. The number of hydrogen-bond acceptors (Lipinski definition) is 5. The van der Waals surface area contributed by atoms with E-state index in [0.717, 1.165) is 31.7 Å². The smallest absolute Gasteiger partial charge is 0.335 e. The quantitative estimate of drug-likeness (QED) is 0.298. The summed E-state index contributed by atoms with van der Waals surface area (Å²) in [5, 5.41) is 11.7. The standard InChI is InChI=1S/C29H28ClFN2O6/c1-16(34)20-11-12-22(30)27(31)26(20)21-14-25(35)33(15-24(21)39-2)23(13-6-17-4-3-5-17)28(36)32-19-9-7-18(8-10-19)29(37)38/h7-12,14-15,17,23H,3-6,13H2,1-2H3,(H,32,36)(H,37,38)/t23-/m0/s1. The Morgan fingerprint density at radius 3 is 2.44 bits per heavy atom. The molecule has 39 heavy (non-hydrogen) atoms. The number of Topliss-reactive ketones (excluding diaryl/α,β-unsaturated/α-hetero) is 1. The number of pyridine rings is 1. The van der Waals surface area contributed by atoms with E-state index in [4.69, 9.17) is 21.4 Å². The van der Waals surface area contributed by atoms with E-state index in [0.29, 0.717) is 18.0 Å². The number of hydrogen-bond donors (Lipinski definition) is 2. The highest BCUT2D eigenvalue weighted by Crippen LogP contribution is 2.38. The van der Waals surface area contributed by atoms with Gasteiger partial charge >= 0.3 is 5.97 Å². The number of aromatic nitrogens is 1. The molecule has 0 spiro atoms. The number of carboxylic acids is 1. The first-order valence-corrected chi connectivity index (χ1v) is 12.9. The highest BCUT2D eigenvalue weighted by molar-refractivity contribution is 6.31. The van der Waals surface area contributed by atoms with Gasteiger partial charge in [-0.2, -0.15) is 0 Å². The summed E-state index contributed by atoms with van der Waals surface area (Å²) >= 11 is 6.00. The molecule has 2 aromatic carbocycles. The lowest BCUT2D eigenvalue weighted by atomic mass is 9.81. The number of ketones is 1. The number of amides is 1. The third-order valence-electron chi connectivity index (χ3n) is 7.12. The van der Waals surface area contributed by atoms with Crippen LogP contribution in [0.25, 0.3) is 11.1 Å². The molecule has 0 radical (unpaired) electrons. The zero-order valence-electron chi connectivity index (χ0n) is 21.5. The van der Waals surface area contributed by atoms with Crippen LogP contribution in [0.4, 0.5) is 10.1 Å². The van der Waals surface area contributed by atoms with Crippen molar-refractivity contribution < 1.29 is 28.6 Å². The summed E-state index contributed by atoms with van der Waals surface area (Å²) in [6, 6.07) is 8.58. The topological polar surface area (TPSA) is 115 Å². The monoisotopic (exact) mass is 554 g/mol. The number of aromatic carboxylic acids is 1. The van der Waals surface area contributed by atoms with Crippen molar-refractivity contribution in [1.82, 2.24) is 4.57 Å². The number of nitrogens with one attached hydrogen (secondary N) is 1. The van der Waals surface area contributed by atoms with Gasteiger partial charge in [0.2, 0.25) is 5.91 Å². The maximum Gasteiger partial charge on any atom is 0.335 e. The summed E-state index contributed by atoms with van der Waals surface area (Å²) in [4.78, 5) is 50.3. The first-order valence-electron chi connectivity index (χ1n) is 12.5. The van der Waals surface area contributed by atoms with Gasteiger partial charge in [0, 0.05) is 28.4 Å². The average molecular weight is 555 g/mol. The van der Waals surface area contributed by atoms with Gasteiger partial charge in [-0.05, 0) is 62.1 Å². The largest absolute Gasteiger partial charge is 0.495 e. The van der Waals surface area contributed by atoms with Crippen LogP contribution in [0.15, 0.2) is 53.5 Å². The molecule has 3 aromatic rings. The fourth-order valence-corrected chi connectivity index (χ4v) is 4.89. The van der Waals surface area contributed by atoms with E-state index in [1.165, 1.54) is 61.2 Å². The van der Waals surface area contributed by atoms with Crippen molar-refractivity contribution in [2.45, 2.75) is 45.1 Å². The van der Waals surface area contributed by atoms with Gasteiger partial charge in [-0.25, -0.2) is 9.18 Å². The maximum absolute atomic E-state index is 15.2. The molecule has 1 aliphatic carbocycles. The molecule has 0 aliphatic heterocycles. The van der Waals surface area contributed by atoms with Crippen LogP contribution in [-0.2, 0) is 4.79 Å². The molecule has 2 N–H and O–H groups in total. The van der Waals surface area contributed by atoms with Gasteiger partial charge in [0.1, 0.15) is 17.6 Å². The number of carboxylic acid groups (broad SMARTS) is 1. The molecule has 1 atom stereocenters. The van der Waals surface area contributed by atoms with E-state index in [2.05, 4.69) is 5.32 Å². The van der Waals surface area contributed by atoms with Crippen molar-refractivity contribution >= 4 is 34.9 Å². The SMILES string of the molecule is COc1cn([C@@H](CCC2CCC2)C(=O)Nc2ccc(C(=O)O)cc2)c(=O)cc1-c1c(C(C)=O)ccc(Cl)c1F. The predicted octanol–water partition coefficient (Wildman–Crippen LogP) is 5.98. The number of ether oxygens (including phenoxy) is 1. The third-order valence-corrected chi connectivity index (χ3v) is 7.41. The minimum Gasteiger partial charge on any atom is -0.495 e. The van der Waals surface area contributed by atoms with Gasteiger partial charge in [-0.1, -0.05) is 30.9 Å². The molecule has 1 fully saturated rings. The second kappa shape index (κ2) is 11.8. The number of nitrogens with zero attached hydrogens (tertiary/aromatic N) is 1. The minimum absolute atomic E-state index is 0.0384. The Balaban J connectivity index is 1.75. The molecule has 204 valence electrons. The number of benzene rings is 2. The summed E-state index contributed by atoms with van der Waals surface area (Å²) in [6.07, 6.45) is 5.69. The molecule has 4 rings (SSSR count). The molecule has 1 amide bonds. The lowest BCUT2D eigenvalue weighted by Crippen LogP contribution is -2.34. The number of carbonyl (C=O) groups is 3. The lowest BCUT2D eigenvalue weighted by molar-refractivity contribution is -0.119. The van der Waals surface area contributed by atoms with Gasteiger partial charge in [-0.15, -0.1) is 0 Å². The van der Waals surface area contributed by atoms with Crippen LogP contribution < -0.4 is 15.6 Å². The van der Waals surface area contributed by atoms with Crippen LogP contribution >= 0.6 is 11.6 Å². The van der Waals surface area contributed by atoms with Gasteiger partial charge in [0.25, 0.3) is 5.56 Å². The molecule has 8 nitrogen and oxygen atoms in total. The Bertz CT molecular complexity index is 1480. The van der Waals surface area contributed by atoms with Crippen LogP contribution in [-0.4, -0.2) is 34.4 Å². The summed E-state index contributed by atoms with van der Waals surface area (Å²) in [7, 11) is 1.34. The molecule has 0 saturated heterocycles. The van der Waals surface area contributed by atoms with Crippen LogP contribution in [0.2, 0.25) is 5.02 Å². The van der Waals surface area contributed by atoms with Crippen LogP contribution in [0.1, 0.15) is 65.8 Å². The number of halogens is 2. The number of methoxy groups -OCH3 is 1. The summed E-state index contributed by atoms with van der Waals surface area (Å²) in [5.74, 6) is -2.28. The van der Waals surface area contributed by atoms with Gasteiger partial charge in [0.15, 0.2) is 5.78 Å². The summed E-state index contributed by atoms with van der Waals surface area (Å²) < 4.78 is 21.9. The molecular weight excluding hydrogens is 527 g/mol. The first-order chi connectivity index (χ1) is 18.6. The number of rotatable bonds is 10. The van der Waals surface area contributed by atoms with Crippen LogP contribution in [0.5, 0.6) is 5.75 Å². The maximum atomic E-state index is 15.2. The Morgan fingerprint density at radius 1 is 1.18 bits per heavy atom. The molecule has 10 heteroatoms. The van der Waals surface area contributed by atoms with Gasteiger partial charge < -0.3 is 15.2 Å². The molecule has 1 saturated carbocycles.